The number of hydrogen-bond acceptors (Lipinski definition) is 6. The Labute approximate surface area is 183 Å². The van der Waals surface area contributed by atoms with Gasteiger partial charge in [0.25, 0.3) is 5.91 Å². The fraction of sp³-hybridized carbons (Fsp3) is 0.0435. The van der Waals surface area contributed by atoms with Crippen LogP contribution in [0.25, 0.3) is 21.9 Å². The van der Waals surface area contributed by atoms with E-state index in [2.05, 4.69) is 25.5 Å². The van der Waals surface area contributed by atoms with E-state index in [1.165, 1.54) is 6.20 Å². The Balaban J connectivity index is 1.31. The largest absolute Gasteiger partial charge is 0.348 e. The third kappa shape index (κ3) is 3.69. The molecule has 0 saturated heterocycles. The van der Waals surface area contributed by atoms with Crippen LogP contribution in [0.2, 0.25) is 0 Å². The Bertz CT molecular complexity index is 1560. The van der Waals surface area contributed by atoms with Gasteiger partial charge in [0, 0.05) is 29.7 Å². The monoisotopic (exact) mass is 443 g/mol. The van der Waals surface area contributed by atoms with E-state index in [4.69, 9.17) is 0 Å². The van der Waals surface area contributed by atoms with Crippen molar-refractivity contribution in [1.29, 1.82) is 0 Å². The van der Waals surface area contributed by atoms with E-state index in [1.54, 1.807) is 67.0 Å². The Hall–Kier alpha value is -4.11. The highest BCUT2D eigenvalue weighted by atomic mass is 32.2. The number of nitrogens with zero attached hydrogens (tertiary/aromatic N) is 3. The molecule has 3 aromatic heterocycles. The Morgan fingerprint density at radius 3 is 2.56 bits per heavy atom. The summed E-state index contributed by atoms with van der Waals surface area (Å²) < 4.78 is 26.0. The van der Waals surface area contributed by atoms with Gasteiger partial charge < -0.3 is 5.32 Å². The highest BCUT2D eigenvalue weighted by Crippen LogP contribution is 2.24. The fourth-order valence-electron chi connectivity index (χ4n) is 3.39. The number of carbonyl (C=O) groups excluding carboxylic acids is 1. The minimum Gasteiger partial charge on any atom is -0.348 e. The van der Waals surface area contributed by atoms with Gasteiger partial charge in [-0.3, -0.25) is 14.9 Å². The van der Waals surface area contributed by atoms with Crippen molar-refractivity contribution in [3.63, 3.8) is 0 Å². The standard InChI is InChI=1S/C23H17N5O3S/c29-23(18-10-17-14-27-28-22(17)25-13-18)26-12-15-3-5-19(6-4-15)32(30,31)20-7-8-21-16(11-20)2-1-9-24-21/h1-11,13-14H,12H2,(H,26,29)(H,25,27,28). The summed E-state index contributed by atoms with van der Waals surface area (Å²) in [4.78, 5) is 21.2. The Morgan fingerprint density at radius 1 is 0.906 bits per heavy atom. The van der Waals surface area contributed by atoms with E-state index in [9.17, 15) is 13.2 Å². The van der Waals surface area contributed by atoms with Crippen LogP contribution < -0.4 is 5.32 Å². The predicted molar refractivity (Wildman–Crippen MR) is 119 cm³/mol. The van der Waals surface area contributed by atoms with Crippen molar-refractivity contribution in [2.75, 3.05) is 0 Å². The highest BCUT2D eigenvalue weighted by Gasteiger charge is 2.18. The molecule has 3 heterocycles. The van der Waals surface area contributed by atoms with Gasteiger partial charge in [-0.1, -0.05) is 18.2 Å². The summed E-state index contributed by atoms with van der Waals surface area (Å²) in [6, 6.07) is 16.6. The molecule has 1 amide bonds. The van der Waals surface area contributed by atoms with E-state index in [0.29, 0.717) is 11.2 Å². The summed E-state index contributed by atoms with van der Waals surface area (Å²) in [7, 11) is -3.67. The maximum absolute atomic E-state index is 13.0. The van der Waals surface area contributed by atoms with Crippen molar-refractivity contribution in [1.82, 2.24) is 25.5 Å². The maximum Gasteiger partial charge on any atom is 0.253 e. The van der Waals surface area contributed by atoms with Crippen molar-refractivity contribution >= 4 is 37.7 Å². The molecular weight excluding hydrogens is 426 g/mol. The second kappa shape index (κ2) is 7.86. The first-order valence-electron chi connectivity index (χ1n) is 9.77. The van der Waals surface area contributed by atoms with Crippen molar-refractivity contribution in [2.45, 2.75) is 16.3 Å². The van der Waals surface area contributed by atoms with Gasteiger partial charge in [0.1, 0.15) is 0 Å². The number of sulfone groups is 1. The first kappa shape index (κ1) is 19.8. The molecule has 0 aliphatic carbocycles. The van der Waals surface area contributed by atoms with Crippen LogP contribution in [-0.4, -0.2) is 34.5 Å². The molecule has 0 unspecified atom stereocenters. The molecule has 0 fully saturated rings. The lowest BCUT2D eigenvalue weighted by Gasteiger charge is -2.08. The molecule has 0 bridgehead atoms. The predicted octanol–water partition coefficient (Wildman–Crippen LogP) is 3.27. The van der Waals surface area contributed by atoms with Gasteiger partial charge in [0.15, 0.2) is 5.65 Å². The number of H-pyrrole nitrogens is 1. The minimum atomic E-state index is -3.67. The number of aromatic amines is 1. The van der Waals surface area contributed by atoms with E-state index in [0.717, 1.165) is 21.9 Å². The second-order valence-corrected chi connectivity index (χ2v) is 9.17. The summed E-state index contributed by atoms with van der Waals surface area (Å²) in [5, 5.41) is 10.9. The van der Waals surface area contributed by atoms with Gasteiger partial charge in [-0.25, -0.2) is 13.4 Å². The zero-order valence-corrected chi connectivity index (χ0v) is 17.5. The van der Waals surface area contributed by atoms with Crippen LogP contribution in [0.3, 0.4) is 0 Å². The molecule has 8 nitrogen and oxygen atoms in total. The molecule has 5 aromatic rings. The van der Waals surface area contributed by atoms with E-state index in [1.807, 2.05) is 6.07 Å². The van der Waals surface area contributed by atoms with E-state index >= 15 is 0 Å². The molecular formula is C23H17N5O3S. The number of benzene rings is 2. The lowest BCUT2D eigenvalue weighted by molar-refractivity contribution is 0.0950. The molecule has 0 saturated carbocycles. The van der Waals surface area contributed by atoms with Gasteiger partial charge >= 0.3 is 0 Å². The van der Waals surface area contributed by atoms with Crippen LogP contribution in [-0.2, 0) is 16.4 Å². The van der Waals surface area contributed by atoms with Gasteiger partial charge in [-0.15, -0.1) is 0 Å². The average Bonchev–Trinajstić information content (AvgIpc) is 3.30. The number of nitrogens with one attached hydrogen (secondary N) is 2. The van der Waals surface area contributed by atoms with Crippen LogP contribution in [0.4, 0.5) is 0 Å². The van der Waals surface area contributed by atoms with Gasteiger partial charge in [-0.05, 0) is 48.0 Å². The smallest absolute Gasteiger partial charge is 0.253 e. The number of hydrogen-bond donors (Lipinski definition) is 2. The number of carbonyl (C=O) groups is 1. The molecule has 0 aliphatic rings. The number of pyridine rings is 2. The molecule has 0 atom stereocenters. The summed E-state index contributed by atoms with van der Waals surface area (Å²) in [6.07, 6.45) is 4.75. The third-order valence-corrected chi connectivity index (χ3v) is 6.89. The lowest BCUT2D eigenvalue weighted by atomic mass is 10.2. The average molecular weight is 443 g/mol. The quantitative estimate of drug-likeness (QED) is 0.430. The van der Waals surface area contributed by atoms with Crippen LogP contribution >= 0.6 is 0 Å². The first-order chi connectivity index (χ1) is 15.5. The van der Waals surface area contributed by atoms with Gasteiger partial charge in [0.05, 0.1) is 27.1 Å². The van der Waals surface area contributed by atoms with Crippen LogP contribution in [0.15, 0.2) is 89.0 Å². The summed E-state index contributed by atoms with van der Waals surface area (Å²) in [5.74, 6) is -0.276. The number of aromatic nitrogens is 4. The lowest BCUT2D eigenvalue weighted by Crippen LogP contribution is -2.22. The molecule has 2 N–H and O–H groups in total. The van der Waals surface area contributed by atoms with E-state index in [-0.39, 0.29) is 22.2 Å². The number of fused-ring (bicyclic) bond motifs is 2. The van der Waals surface area contributed by atoms with Gasteiger partial charge in [-0.2, -0.15) is 5.10 Å². The topological polar surface area (TPSA) is 118 Å². The second-order valence-electron chi connectivity index (χ2n) is 7.22. The number of amides is 1. The molecule has 32 heavy (non-hydrogen) atoms. The molecule has 0 aliphatic heterocycles. The van der Waals surface area contributed by atoms with Crippen molar-refractivity contribution in [2.24, 2.45) is 0 Å². The molecule has 9 heteroatoms. The van der Waals surface area contributed by atoms with Crippen molar-refractivity contribution in [3.05, 3.63) is 90.4 Å². The zero-order chi connectivity index (χ0) is 22.1. The van der Waals surface area contributed by atoms with Gasteiger partial charge in [0.2, 0.25) is 9.84 Å². The number of rotatable bonds is 5. The summed E-state index contributed by atoms with van der Waals surface area (Å²) >= 11 is 0. The van der Waals surface area contributed by atoms with E-state index < -0.39 is 9.84 Å². The SMILES string of the molecule is O=C(NCc1ccc(S(=O)(=O)c2ccc3ncccc3c2)cc1)c1cnc2[nH]ncc2c1. The van der Waals surface area contributed by atoms with Crippen molar-refractivity contribution in [3.8, 4) is 0 Å². The highest BCUT2D eigenvalue weighted by molar-refractivity contribution is 7.91. The molecule has 158 valence electrons. The minimum absolute atomic E-state index is 0.186. The molecule has 0 radical (unpaired) electrons. The third-order valence-electron chi connectivity index (χ3n) is 5.12. The molecule has 2 aromatic carbocycles. The maximum atomic E-state index is 13.0. The normalized spacial score (nSPS) is 11.6. The Kier molecular flexibility index (Phi) is 4.87. The fourth-order valence-corrected chi connectivity index (χ4v) is 4.68. The molecule has 5 rings (SSSR count). The Morgan fingerprint density at radius 2 is 1.72 bits per heavy atom. The molecule has 0 spiro atoms. The van der Waals surface area contributed by atoms with Crippen LogP contribution in [0, 0.1) is 0 Å². The summed E-state index contributed by atoms with van der Waals surface area (Å²) in [5.41, 5.74) is 2.54. The van der Waals surface area contributed by atoms with Crippen LogP contribution in [0.5, 0.6) is 0 Å². The van der Waals surface area contributed by atoms with Crippen molar-refractivity contribution < 1.29 is 13.2 Å². The van der Waals surface area contributed by atoms with Crippen LogP contribution in [0.1, 0.15) is 15.9 Å². The summed E-state index contributed by atoms with van der Waals surface area (Å²) in [6.45, 7) is 0.254. The zero-order valence-electron chi connectivity index (χ0n) is 16.7. The first-order valence-corrected chi connectivity index (χ1v) is 11.3.